The van der Waals surface area contributed by atoms with Crippen LogP contribution >= 0.6 is 12.4 Å². The molecule has 0 spiro atoms. The van der Waals surface area contributed by atoms with Crippen LogP contribution in [0, 0.1) is 0 Å². The first-order valence-corrected chi connectivity index (χ1v) is 8.99. The van der Waals surface area contributed by atoms with Gasteiger partial charge in [-0.3, -0.25) is 14.6 Å². The number of likely N-dealkylation sites (N-methyl/N-ethyl adjacent to an activating group) is 1. The topological polar surface area (TPSA) is 82.7 Å². The summed E-state index contributed by atoms with van der Waals surface area (Å²) in [6, 6.07) is 0.428. The first-order chi connectivity index (χ1) is 11.5. The molecule has 1 aromatic rings. The average molecular weight is 375 g/mol. The highest BCUT2D eigenvalue weighted by molar-refractivity contribution is 5.85. The third-order valence-electron chi connectivity index (χ3n) is 4.88. The largest absolute Gasteiger partial charge is 0.480 e. The summed E-state index contributed by atoms with van der Waals surface area (Å²) in [6.07, 6.45) is 6.11. The highest BCUT2D eigenvalue weighted by Crippen LogP contribution is 2.24. The van der Waals surface area contributed by atoms with E-state index >= 15 is 0 Å². The highest BCUT2D eigenvalue weighted by Gasteiger charge is 2.27. The molecule has 1 aliphatic rings. The number of hydrogen-bond donors (Lipinski definition) is 1. The van der Waals surface area contributed by atoms with Crippen molar-refractivity contribution in [3.05, 3.63) is 11.7 Å². The second-order valence-corrected chi connectivity index (χ2v) is 6.76. The third-order valence-corrected chi connectivity index (χ3v) is 4.88. The molecule has 1 aliphatic heterocycles. The second-order valence-electron chi connectivity index (χ2n) is 6.76. The number of carboxylic acids is 1. The molecule has 0 aromatic carbocycles. The number of carboxylic acid groups (broad SMARTS) is 1. The van der Waals surface area contributed by atoms with Crippen LogP contribution in [-0.2, 0) is 11.2 Å². The molecule has 0 amide bonds. The van der Waals surface area contributed by atoms with E-state index in [1.165, 1.54) is 0 Å². The standard InChI is InChI=1S/C17H30N4O3.ClH/c1-4-5-8-15-18-17(24-19-15)13(2)21-10-6-7-14(9-11-21)20(3)12-16(22)23;/h13-14H,4-12H2,1-3H3,(H,22,23);1H. The van der Waals surface area contributed by atoms with Crippen LogP contribution < -0.4 is 0 Å². The third kappa shape index (κ3) is 6.56. The van der Waals surface area contributed by atoms with Crippen molar-refractivity contribution < 1.29 is 14.4 Å². The molecule has 2 rings (SSSR count). The van der Waals surface area contributed by atoms with E-state index in [9.17, 15) is 4.79 Å². The maximum atomic E-state index is 10.9. The van der Waals surface area contributed by atoms with Crippen LogP contribution in [-0.4, -0.2) is 63.7 Å². The lowest BCUT2D eigenvalue weighted by Gasteiger charge is -2.27. The lowest BCUT2D eigenvalue weighted by Crippen LogP contribution is -2.36. The van der Waals surface area contributed by atoms with Gasteiger partial charge in [0, 0.05) is 19.0 Å². The van der Waals surface area contributed by atoms with Gasteiger partial charge in [0.1, 0.15) is 0 Å². The predicted octanol–water partition coefficient (Wildman–Crippen LogP) is 2.77. The normalized spacial score (nSPS) is 20.1. The van der Waals surface area contributed by atoms with Gasteiger partial charge >= 0.3 is 5.97 Å². The molecule has 25 heavy (non-hydrogen) atoms. The summed E-state index contributed by atoms with van der Waals surface area (Å²) in [5.74, 6) is 0.725. The predicted molar refractivity (Wildman–Crippen MR) is 98.1 cm³/mol. The minimum atomic E-state index is -0.766. The molecular formula is C17H31ClN4O3. The molecule has 2 unspecified atom stereocenters. The highest BCUT2D eigenvalue weighted by atomic mass is 35.5. The number of carbonyl (C=O) groups is 1. The minimum absolute atomic E-state index is 0. The summed E-state index contributed by atoms with van der Waals surface area (Å²) in [4.78, 5) is 19.8. The first kappa shape index (κ1) is 21.9. The number of hydrogen-bond acceptors (Lipinski definition) is 6. The SMILES string of the molecule is CCCCc1noc(C(C)N2CCCC(N(C)CC(=O)O)CC2)n1.Cl. The van der Waals surface area contributed by atoms with Crippen LogP contribution in [0.4, 0.5) is 0 Å². The van der Waals surface area contributed by atoms with E-state index < -0.39 is 5.97 Å². The minimum Gasteiger partial charge on any atom is -0.480 e. The first-order valence-electron chi connectivity index (χ1n) is 8.99. The molecule has 0 radical (unpaired) electrons. The molecule has 144 valence electrons. The van der Waals surface area contributed by atoms with Crippen molar-refractivity contribution in [2.45, 2.75) is 64.5 Å². The van der Waals surface area contributed by atoms with E-state index in [0.29, 0.717) is 11.9 Å². The molecule has 0 aliphatic carbocycles. The summed E-state index contributed by atoms with van der Waals surface area (Å²) in [5, 5.41) is 13.0. The number of unbranched alkanes of at least 4 members (excludes halogenated alkanes) is 1. The van der Waals surface area contributed by atoms with Gasteiger partial charge in [-0.25, -0.2) is 0 Å². The summed E-state index contributed by atoms with van der Waals surface area (Å²) in [7, 11) is 1.90. The van der Waals surface area contributed by atoms with Gasteiger partial charge in [-0.15, -0.1) is 12.4 Å². The molecule has 0 bridgehead atoms. The van der Waals surface area contributed by atoms with Crippen molar-refractivity contribution in [3.8, 4) is 0 Å². The summed E-state index contributed by atoms with van der Waals surface area (Å²) < 4.78 is 5.45. The monoisotopic (exact) mass is 374 g/mol. The number of aromatic nitrogens is 2. The summed E-state index contributed by atoms with van der Waals surface area (Å²) >= 11 is 0. The Morgan fingerprint density at radius 3 is 2.88 bits per heavy atom. The maximum absolute atomic E-state index is 10.9. The molecule has 7 nitrogen and oxygen atoms in total. The van der Waals surface area contributed by atoms with Gasteiger partial charge in [0.2, 0.25) is 5.89 Å². The van der Waals surface area contributed by atoms with Gasteiger partial charge in [0.15, 0.2) is 5.82 Å². The van der Waals surface area contributed by atoms with Gasteiger partial charge in [-0.2, -0.15) is 4.98 Å². The maximum Gasteiger partial charge on any atom is 0.317 e. The number of aliphatic carboxylic acids is 1. The van der Waals surface area contributed by atoms with Crippen LogP contribution in [0.2, 0.25) is 0 Å². The zero-order valence-electron chi connectivity index (χ0n) is 15.5. The molecule has 1 fully saturated rings. The quantitative estimate of drug-likeness (QED) is 0.748. The van der Waals surface area contributed by atoms with Crippen molar-refractivity contribution in [3.63, 3.8) is 0 Å². The number of aryl methyl sites for hydroxylation is 1. The Morgan fingerprint density at radius 2 is 2.20 bits per heavy atom. The Labute approximate surface area is 156 Å². The van der Waals surface area contributed by atoms with E-state index in [1.807, 2.05) is 11.9 Å². The van der Waals surface area contributed by atoms with Crippen LogP contribution in [0.5, 0.6) is 0 Å². The number of nitrogens with zero attached hydrogens (tertiary/aromatic N) is 4. The van der Waals surface area contributed by atoms with Crippen molar-refractivity contribution >= 4 is 18.4 Å². The fourth-order valence-electron chi connectivity index (χ4n) is 3.30. The van der Waals surface area contributed by atoms with Gasteiger partial charge in [0.05, 0.1) is 12.6 Å². The van der Waals surface area contributed by atoms with E-state index in [0.717, 1.165) is 57.4 Å². The van der Waals surface area contributed by atoms with E-state index in [1.54, 1.807) is 0 Å². The Morgan fingerprint density at radius 1 is 1.44 bits per heavy atom. The summed E-state index contributed by atoms with van der Waals surface area (Å²) in [6.45, 7) is 6.26. The lowest BCUT2D eigenvalue weighted by molar-refractivity contribution is -0.138. The average Bonchev–Trinajstić information content (AvgIpc) is 2.87. The molecule has 1 N–H and O–H groups in total. The summed E-state index contributed by atoms with van der Waals surface area (Å²) in [5.41, 5.74) is 0. The molecule has 0 saturated carbocycles. The lowest BCUT2D eigenvalue weighted by atomic mass is 10.1. The van der Waals surface area contributed by atoms with Gasteiger partial charge in [-0.05, 0) is 46.2 Å². The Hall–Kier alpha value is -1.18. The van der Waals surface area contributed by atoms with Crippen LogP contribution in [0.15, 0.2) is 4.52 Å². The zero-order chi connectivity index (χ0) is 17.5. The van der Waals surface area contributed by atoms with Crippen LogP contribution in [0.1, 0.15) is 63.7 Å². The molecular weight excluding hydrogens is 344 g/mol. The number of likely N-dealkylation sites (tertiary alicyclic amines) is 1. The van der Waals surface area contributed by atoms with Gasteiger partial charge < -0.3 is 9.63 Å². The smallest absolute Gasteiger partial charge is 0.317 e. The van der Waals surface area contributed by atoms with E-state index in [2.05, 4.69) is 28.9 Å². The molecule has 2 atom stereocenters. The molecule has 1 saturated heterocycles. The Bertz CT molecular complexity index is 526. The van der Waals surface area contributed by atoms with Gasteiger partial charge in [-0.1, -0.05) is 18.5 Å². The van der Waals surface area contributed by atoms with E-state index in [4.69, 9.17) is 9.63 Å². The number of rotatable bonds is 8. The Balaban J connectivity index is 0.00000312. The fourth-order valence-corrected chi connectivity index (χ4v) is 3.30. The van der Waals surface area contributed by atoms with E-state index in [-0.39, 0.29) is 25.0 Å². The second kappa shape index (κ2) is 10.7. The zero-order valence-corrected chi connectivity index (χ0v) is 16.3. The number of halogens is 1. The molecule has 2 heterocycles. The van der Waals surface area contributed by atoms with Crippen LogP contribution in [0.3, 0.4) is 0 Å². The van der Waals surface area contributed by atoms with Crippen molar-refractivity contribution in [2.75, 3.05) is 26.7 Å². The van der Waals surface area contributed by atoms with Crippen LogP contribution in [0.25, 0.3) is 0 Å². The molecule has 8 heteroatoms. The van der Waals surface area contributed by atoms with Crippen molar-refractivity contribution in [2.24, 2.45) is 0 Å². The van der Waals surface area contributed by atoms with Gasteiger partial charge in [0.25, 0.3) is 0 Å². The fraction of sp³-hybridized carbons (Fsp3) is 0.824. The van der Waals surface area contributed by atoms with Crippen molar-refractivity contribution in [1.29, 1.82) is 0 Å². The van der Waals surface area contributed by atoms with Crippen molar-refractivity contribution in [1.82, 2.24) is 19.9 Å². The molecule has 1 aromatic heterocycles. The Kier molecular flexibility index (Phi) is 9.38.